The molecule has 1 saturated carbocycles. The van der Waals surface area contributed by atoms with E-state index in [0.29, 0.717) is 6.42 Å². The van der Waals surface area contributed by atoms with E-state index in [2.05, 4.69) is 4.74 Å². The molecule has 1 rings (SSSR count). The molecule has 0 spiro atoms. The predicted octanol–water partition coefficient (Wildman–Crippen LogP) is 2.12. The smallest absolute Gasteiger partial charge is 0.345 e. The van der Waals surface area contributed by atoms with E-state index in [1.807, 2.05) is 0 Å². The number of aliphatic carboxylic acids is 1. The van der Waals surface area contributed by atoms with Gasteiger partial charge in [0.2, 0.25) is 0 Å². The maximum absolute atomic E-state index is 11.7. The largest absolute Gasteiger partial charge is 0.481 e. The molecule has 0 aromatic carbocycles. The van der Waals surface area contributed by atoms with Crippen molar-refractivity contribution in [3.8, 4) is 0 Å². The van der Waals surface area contributed by atoms with Crippen molar-refractivity contribution in [1.29, 1.82) is 0 Å². The molecule has 0 heterocycles. The van der Waals surface area contributed by atoms with Crippen LogP contribution in [0.15, 0.2) is 0 Å². The van der Waals surface area contributed by atoms with E-state index in [1.165, 1.54) is 0 Å². The Bertz CT molecular complexity index is 196. The van der Waals surface area contributed by atoms with Crippen molar-refractivity contribution in [2.24, 2.45) is 11.8 Å². The van der Waals surface area contributed by atoms with E-state index >= 15 is 0 Å². The summed E-state index contributed by atoms with van der Waals surface area (Å²) in [6, 6.07) is 0. The summed E-state index contributed by atoms with van der Waals surface area (Å²) in [5.74, 6) is -0.572. The fraction of sp³-hybridized carbons (Fsp3) is 0.889. The first kappa shape index (κ1) is 11.4. The number of carboxylic acids is 1. The Hall–Kier alpha value is -0.710. The molecule has 1 aliphatic carbocycles. The van der Waals surface area contributed by atoms with Crippen molar-refractivity contribution >= 4 is 5.97 Å². The van der Waals surface area contributed by atoms with Gasteiger partial charge in [-0.1, -0.05) is 0 Å². The molecule has 0 aromatic heterocycles. The van der Waals surface area contributed by atoms with Crippen molar-refractivity contribution in [3.05, 3.63) is 0 Å². The van der Waals surface area contributed by atoms with Crippen LogP contribution in [0.5, 0.6) is 0 Å². The molecule has 3 nitrogen and oxygen atoms in total. The van der Waals surface area contributed by atoms with E-state index in [-0.39, 0.29) is 24.9 Å². The van der Waals surface area contributed by atoms with Gasteiger partial charge >= 0.3 is 12.6 Å². The van der Waals surface area contributed by atoms with Gasteiger partial charge in [-0.15, -0.1) is 0 Å². The second-order valence-corrected chi connectivity index (χ2v) is 3.74. The number of alkyl halides is 2. The summed E-state index contributed by atoms with van der Waals surface area (Å²) in [6.07, 6.45) is 2.44. The lowest BCUT2D eigenvalue weighted by Gasteiger charge is -2.09. The summed E-state index contributed by atoms with van der Waals surface area (Å²) in [5.41, 5.74) is 0. The second kappa shape index (κ2) is 5.24. The van der Waals surface area contributed by atoms with E-state index in [4.69, 9.17) is 5.11 Å². The summed E-state index contributed by atoms with van der Waals surface area (Å²) in [7, 11) is 0. The zero-order valence-electron chi connectivity index (χ0n) is 7.79. The van der Waals surface area contributed by atoms with Gasteiger partial charge in [-0.25, -0.2) is 0 Å². The van der Waals surface area contributed by atoms with Gasteiger partial charge in [0.25, 0.3) is 0 Å². The van der Waals surface area contributed by atoms with Crippen molar-refractivity contribution < 1.29 is 23.4 Å². The minimum absolute atomic E-state index is 0.0494. The normalized spacial score (nSPS) is 27.1. The third kappa shape index (κ3) is 4.00. The van der Waals surface area contributed by atoms with Crippen LogP contribution in [0.4, 0.5) is 8.78 Å². The number of carbonyl (C=O) groups is 1. The average Bonchev–Trinajstić information content (AvgIpc) is 2.47. The molecule has 0 aromatic rings. The van der Waals surface area contributed by atoms with E-state index < -0.39 is 12.6 Å². The van der Waals surface area contributed by atoms with Crippen LogP contribution in [0.25, 0.3) is 0 Å². The number of hydrogen-bond donors (Lipinski definition) is 1. The van der Waals surface area contributed by atoms with Crippen LogP contribution in [-0.2, 0) is 9.53 Å². The molecule has 1 aliphatic rings. The highest BCUT2D eigenvalue weighted by Gasteiger charge is 2.27. The van der Waals surface area contributed by atoms with Gasteiger partial charge in [-0.2, -0.15) is 8.78 Å². The van der Waals surface area contributed by atoms with Crippen LogP contribution in [0.1, 0.15) is 25.7 Å². The summed E-state index contributed by atoms with van der Waals surface area (Å²) in [5, 5.41) is 8.53. The van der Waals surface area contributed by atoms with Gasteiger partial charge in [0.1, 0.15) is 0 Å². The van der Waals surface area contributed by atoms with Crippen LogP contribution in [0.2, 0.25) is 0 Å². The summed E-state index contributed by atoms with van der Waals surface area (Å²) in [6.45, 7) is -2.66. The van der Waals surface area contributed by atoms with Crippen molar-refractivity contribution in [2.75, 3.05) is 6.61 Å². The molecule has 0 radical (unpaired) electrons. The molecule has 82 valence electrons. The number of halogens is 2. The molecule has 0 bridgehead atoms. The molecular weight excluding hydrogens is 194 g/mol. The monoisotopic (exact) mass is 208 g/mol. The van der Waals surface area contributed by atoms with Crippen molar-refractivity contribution in [3.63, 3.8) is 0 Å². The third-order valence-electron chi connectivity index (χ3n) is 2.57. The fourth-order valence-corrected chi connectivity index (χ4v) is 1.97. The second-order valence-electron chi connectivity index (χ2n) is 3.74. The summed E-state index contributed by atoms with van der Waals surface area (Å²) >= 11 is 0. The van der Waals surface area contributed by atoms with Gasteiger partial charge in [0.05, 0.1) is 6.61 Å². The number of rotatable bonds is 5. The fourth-order valence-electron chi connectivity index (χ4n) is 1.97. The van der Waals surface area contributed by atoms with Gasteiger partial charge in [0, 0.05) is 6.42 Å². The highest BCUT2D eigenvalue weighted by Crippen LogP contribution is 2.33. The Balaban J connectivity index is 2.17. The Morgan fingerprint density at radius 2 is 2.07 bits per heavy atom. The number of hydrogen-bond acceptors (Lipinski definition) is 2. The first-order chi connectivity index (χ1) is 6.58. The van der Waals surface area contributed by atoms with Crippen LogP contribution in [0.3, 0.4) is 0 Å². The predicted molar refractivity (Wildman–Crippen MR) is 45.0 cm³/mol. The minimum Gasteiger partial charge on any atom is -0.481 e. The third-order valence-corrected chi connectivity index (χ3v) is 2.57. The van der Waals surface area contributed by atoms with E-state index in [0.717, 1.165) is 12.8 Å². The van der Waals surface area contributed by atoms with Gasteiger partial charge < -0.3 is 9.84 Å². The molecule has 1 fully saturated rings. The molecule has 1 N–H and O–H groups in total. The molecular formula is C9H14F2O3. The molecule has 0 amide bonds. The molecule has 14 heavy (non-hydrogen) atoms. The quantitative estimate of drug-likeness (QED) is 0.752. The topological polar surface area (TPSA) is 46.5 Å². The van der Waals surface area contributed by atoms with Crippen LogP contribution in [-0.4, -0.2) is 24.3 Å². The lowest BCUT2D eigenvalue weighted by molar-refractivity contribution is -0.140. The van der Waals surface area contributed by atoms with Gasteiger partial charge in [-0.05, 0) is 31.1 Å². The van der Waals surface area contributed by atoms with E-state index in [1.54, 1.807) is 0 Å². The Labute approximate surface area is 81.1 Å². The van der Waals surface area contributed by atoms with Gasteiger partial charge in [0.15, 0.2) is 0 Å². The average molecular weight is 208 g/mol. The Morgan fingerprint density at radius 1 is 1.43 bits per heavy atom. The lowest BCUT2D eigenvalue weighted by Crippen LogP contribution is -2.10. The molecule has 0 saturated heterocycles. The van der Waals surface area contributed by atoms with Crippen LogP contribution in [0, 0.1) is 11.8 Å². The van der Waals surface area contributed by atoms with Crippen LogP contribution < -0.4 is 0 Å². The SMILES string of the molecule is O=C(O)CC1CCC(COC(F)F)C1. The molecule has 2 unspecified atom stereocenters. The number of carboxylic acid groups (broad SMARTS) is 1. The molecule has 0 aliphatic heterocycles. The van der Waals surface area contributed by atoms with Crippen molar-refractivity contribution in [2.45, 2.75) is 32.3 Å². The van der Waals surface area contributed by atoms with Crippen molar-refractivity contribution in [1.82, 2.24) is 0 Å². The lowest BCUT2D eigenvalue weighted by atomic mass is 10.0. The Morgan fingerprint density at radius 3 is 2.64 bits per heavy atom. The van der Waals surface area contributed by atoms with E-state index in [9.17, 15) is 13.6 Å². The highest BCUT2D eigenvalue weighted by atomic mass is 19.3. The molecule has 5 heteroatoms. The number of ether oxygens (including phenoxy) is 1. The summed E-state index contributed by atoms with van der Waals surface area (Å²) < 4.78 is 27.6. The maximum Gasteiger partial charge on any atom is 0.345 e. The highest BCUT2D eigenvalue weighted by molar-refractivity contribution is 5.67. The first-order valence-electron chi connectivity index (χ1n) is 4.69. The first-order valence-corrected chi connectivity index (χ1v) is 4.69. The molecule has 2 atom stereocenters. The van der Waals surface area contributed by atoms with Gasteiger partial charge in [-0.3, -0.25) is 4.79 Å². The zero-order chi connectivity index (χ0) is 10.6. The standard InChI is InChI=1S/C9H14F2O3/c10-9(11)14-5-7-2-1-6(3-7)4-8(12)13/h6-7,9H,1-5H2,(H,12,13). The zero-order valence-corrected chi connectivity index (χ0v) is 7.79. The Kier molecular flexibility index (Phi) is 4.25. The van der Waals surface area contributed by atoms with Crippen LogP contribution >= 0.6 is 0 Å². The summed E-state index contributed by atoms with van der Waals surface area (Å²) in [4.78, 5) is 10.4. The maximum atomic E-state index is 11.7. The minimum atomic E-state index is -2.71.